The Morgan fingerprint density at radius 2 is 1.79 bits per heavy atom. The summed E-state index contributed by atoms with van der Waals surface area (Å²) in [6.45, 7) is 8.53. The Labute approximate surface area is 157 Å². The predicted octanol–water partition coefficient (Wildman–Crippen LogP) is 4.46. The normalized spacial score (nSPS) is 14.0. The summed E-state index contributed by atoms with van der Waals surface area (Å²) in [5.74, 6) is -0.00907. The Bertz CT molecular complexity index is 693. The van der Waals surface area contributed by atoms with Gasteiger partial charge in [-0.15, -0.1) is 0 Å². The molecule has 0 fully saturated rings. The van der Waals surface area contributed by atoms with Crippen LogP contribution >= 0.6 is 22.6 Å². The molecule has 0 radical (unpaired) electrons. The first-order valence-corrected chi connectivity index (χ1v) is 9.02. The van der Waals surface area contributed by atoms with E-state index in [0.29, 0.717) is 0 Å². The maximum atomic E-state index is 12.3. The minimum atomic E-state index is -0.445. The monoisotopic (exact) mass is 437 g/mol. The lowest BCUT2D eigenvalue weighted by Crippen LogP contribution is -2.35. The van der Waals surface area contributed by atoms with Gasteiger partial charge in [0.15, 0.2) is 0 Å². The lowest BCUT2D eigenvalue weighted by Gasteiger charge is -2.28. The molecule has 1 aromatic heterocycles. The number of halogens is 1. The molecule has 2 N–H and O–H groups in total. The van der Waals surface area contributed by atoms with Crippen molar-refractivity contribution in [3.63, 3.8) is 0 Å². The Balaban J connectivity index is 2.19. The Hall–Kier alpha value is -1.47. The number of nitrogens with one attached hydrogen (secondary N) is 2. The van der Waals surface area contributed by atoms with Crippen LogP contribution < -0.4 is 10.6 Å². The fraction of sp³-hybridized carbons (Fsp3) is 0.368. The van der Waals surface area contributed by atoms with Gasteiger partial charge < -0.3 is 5.32 Å². The molecule has 1 amide bonds. The zero-order valence-electron chi connectivity index (χ0n) is 14.6. The minimum absolute atomic E-state index is 0.00907. The van der Waals surface area contributed by atoms with E-state index in [1.165, 1.54) is 5.56 Å². The van der Waals surface area contributed by atoms with Gasteiger partial charge in [-0.2, -0.15) is 0 Å². The third-order valence-electron chi connectivity index (χ3n) is 3.72. The van der Waals surface area contributed by atoms with Crippen LogP contribution in [-0.2, 0) is 14.9 Å². The van der Waals surface area contributed by atoms with Crippen LogP contribution in [0.5, 0.6) is 0 Å². The maximum absolute atomic E-state index is 12.3. The summed E-state index contributed by atoms with van der Waals surface area (Å²) in [7, 11) is 0. The van der Waals surface area contributed by atoms with Crippen molar-refractivity contribution in [1.29, 1.82) is 0 Å². The van der Waals surface area contributed by atoms with Crippen LogP contribution in [0.4, 0.5) is 5.69 Å². The number of hydrogen-bond donors (Lipinski definition) is 2. The van der Waals surface area contributed by atoms with Gasteiger partial charge in [-0.05, 0) is 18.6 Å². The van der Waals surface area contributed by atoms with Gasteiger partial charge in [-0.1, -0.05) is 73.7 Å². The third kappa shape index (κ3) is 5.01. The molecule has 0 spiro atoms. The van der Waals surface area contributed by atoms with E-state index >= 15 is 0 Å². The molecule has 1 atom stereocenters. The van der Waals surface area contributed by atoms with Gasteiger partial charge in [0.1, 0.15) is 0 Å². The van der Waals surface area contributed by atoms with Crippen molar-refractivity contribution in [2.45, 2.75) is 37.8 Å². The summed E-state index contributed by atoms with van der Waals surface area (Å²) >= 11 is 2.36. The molecule has 0 saturated heterocycles. The molecule has 5 heteroatoms. The summed E-state index contributed by atoms with van der Waals surface area (Å²) < 4.78 is -0.359. The van der Waals surface area contributed by atoms with E-state index in [9.17, 15) is 4.79 Å². The maximum Gasteiger partial charge on any atom is 0.229 e. The van der Waals surface area contributed by atoms with Crippen molar-refractivity contribution in [3.05, 3.63) is 59.9 Å². The predicted molar refractivity (Wildman–Crippen MR) is 107 cm³/mol. The summed E-state index contributed by atoms with van der Waals surface area (Å²) in [5.41, 5.74) is 2.52. The van der Waals surface area contributed by atoms with Crippen molar-refractivity contribution in [3.8, 4) is 0 Å². The second-order valence-corrected chi connectivity index (χ2v) is 9.12. The van der Waals surface area contributed by atoms with Gasteiger partial charge in [0.05, 0.1) is 3.55 Å². The van der Waals surface area contributed by atoms with Gasteiger partial charge in [0, 0.05) is 35.6 Å². The molecule has 0 aliphatic rings. The first-order chi connectivity index (χ1) is 11.2. The number of aromatic nitrogens is 1. The number of carbonyl (C=O) groups excluding carboxylic acids is 1. The van der Waals surface area contributed by atoms with Gasteiger partial charge >= 0.3 is 0 Å². The van der Waals surface area contributed by atoms with E-state index in [1.807, 2.05) is 51.2 Å². The Morgan fingerprint density at radius 1 is 1.12 bits per heavy atom. The average Bonchev–Trinajstić information content (AvgIpc) is 2.53. The molecule has 2 aromatic rings. The fourth-order valence-electron chi connectivity index (χ4n) is 2.15. The van der Waals surface area contributed by atoms with E-state index in [4.69, 9.17) is 0 Å². The van der Waals surface area contributed by atoms with E-state index in [-0.39, 0.29) is 9.45 Å². The quantitative estimate of drug-likeness (QED) is 0.413. The number of nitrogens with zero attached hydrogens (tertiary/aromatic N) is 1. The first-order valence-electron chi connectivity index (χ1n) is 7.94. The molecule has 24 heavy (non-hydrogen) atoms. The number of carbonyl (C=O) groups is 1. The van der Waals surface area contributed by atoms with Crippen LogP contribution in [0.2, 0.25) is 0 Å². The largest absolute Gasteiger partial charge is 0.325 e. The highest BCUT2D eigenvalue weighted by molar-refractivity contribution is 14.1. The molecule has 1 aromatic carbocycles. The molecule has 0 saturated carbocycles. The average molecular weight is 437 g/mol. The second kappa shape index (κ2) is 7.61. The van der Waals surface area contributed by atoms with Crippen LogP contribution in [0.3, 0.4) is 0 Å². The Kier molecular flexibility index (Phi) is 5.98. The van der Waals surface area contributed by atoms with E-state index < -0.39 is 5.41 Å². The standard InChI is InChI=1S/C19H24IN3O/c1-18(2,3)17(24)23-16-10-11-21-13-15(16)19(4,20)22-12-14-8-6-5-7-9-14/h5-11,13,22H,12H2,1-4H3,(H,21,23,24). The van der Waals surface area contributed by atoms with Gasteiger partial charge in [0.25, 0.3) is 0 Å². The lowest BCUT2D eigenvalue weighted by molar-refractivity contribution is -0.123. The first kappa shape index (κ1) is 18.9. The molecular weight excluding hydrogens is 413 g/mol. The SMILES string of the molecule is CC(C)(C)C(=O)Nc1ccncc1C(C)(I)NCc1ccccc1. The van der Waals surface area contributed by atoms with Crippen LogP contribution in [-0.4, -0.2) is 10.9 Å². The minimum Gasteiger partial charge on any atom is -0.325 e. The van der Waals surface area contributed by atoms with Crippen molar-refractivity contribution in [2.24, 2.45) is 5.41 Å². The summed E-state index contributed by atoms with van der Waals surface area (Å²) in [5, 5.41) is 6.57. The van der Waals surface area contributed by atoms with E-state index in [1.54, 1.807) is 6.20 Å². The topological polar surface area (TPSA) is 54.0 Å². The number of anilines is 1. The number of rotatable bonds is 5. The van der Waals surface area contributed by atoms with Crippen molar-refractivity contribution in [2.75, 3.05) is 5.32 Å². The van der Waals surface area contributed by atoms with Crippen LogP contribution in [0.1, 0.15) is 38.8 Å². The highest BCUT2D eigenvalue weighted by Gasteiger charge is 2.28. The molecule has 2 rings (SSSR count). The second-order valence-electron chi connectivity index (χ2n) is 6.97. The summed E-state index contributed by atoms with van der Waals surface area (Å²) in [6.07, 6.45) is 3.51. The van der Waals surface area contributed by atoms with Gasteiger partial charge in [-0.25, -0.2) is 0 Å². The number of amides is 1. The van der Waals surface area contributed by atoms with Crippen LogP contribution in [0, 0.1) is 5.41 Å². The van der Waals surface area contributed by atoms with Crippen LogP contribution in [0.15, 0.2) is 48.8 Å². The zero-order chi connectivity index (χ0) is 17.8. The highest BCUT2D eigenvalue weighted by Crippen LogP contribution is 2.34. The smallest absolute Gasteiger partial charge is 0.229 e. The molecule has 0 bridgehead atoms. The van der Waals surface area contributed by atoms with E-state index in [0.717, 1.165) is 17.8 Å². The molecule has 0 aliphatic heterocycles. The fourth-order valence-corrected chi connectivity index (χ4v) is 2.77. The number of alkyl halides is 1. The van der Waals surface area contributed by atoms with Gasteiger partial charge in [0.2, 0.25) is 5.91 Å². The lowest BCUT2D eigenvalue weighted by atomic mass is 9.95. The highest BCUT2D eigenvalue weighted by atomic mass is 127. The van der Waals surface area contributed by atoms with Crippen LogP contribution in [0.25, 0.3) is 0 Å². The number of benzene rings is 1. The molecule has 1 heterocycles. The number of pyridine rings is 1. The summed E-state index contributed by atoms with van der Waals surface area (Å²) in [4.78, 5) is 16.6. The van der Waals surface area contributed by atoms with Crippen molar-refractivity contribution in [1.82, 2.24) is 10.3 Å². The molecule has 4 nitrogen and oxygen atoms in total. The van der Waals surface area contributed by atoms with E-state index in [2.05, 4.69) is 57.3 Å². The van der Waals surface area contributed by atoms with Crippen molar-refractivity contribution >= 4 is 34.2 Å². The molecule has 0 aliphatic carbocycles. The van der Waals surface area contributed by atoms with Gasteiger partial charge in [-0.3, -0.25) is 15.1 Å². The third-order valence-corrected chi connectivity index (χ3v) is 4.69. The molecule has 128 valence electrons. The summed E-state index contributed by atoms with van der Waals surface area (Å²) in [6, 6.07) is 12.1. The molecule has 1 unspecified atom stereocenters. The number of hydrogen-bond acceptors (Lipinski definition) is 3. The molecular formula is C19H24IN3O. The van der Waals surface area contributed by atoms with Crippen molar-refractivity contribution < 1.29 is 4.79 Å². The Morgan fingerprint density at radius 3 is 2.42 bits per heavy atom. The zero-order valence-corrected chi connectivity index (χ0v) is 16.7.